The second kappa shape index (κ2) is 5.09. The number of carbonyl (C=O) groups is 1. The zero-order chi connectivity index (χ0) is 12.2. The Hall–Kier alpha value is -1.40. The summed E-state index contributed by atoms with van der Waals surface area (Å²) in [6, 6.07) is 6.13. The number of rotatable bonds is 4. The van der Waals surface area contributed by atoms with Gasteiger partial charge in [0.25, 0.3) is 10.1 Å². The van der Waals surface area contributed by atoms with Crippen molar-refractivity contribution in [2.24, 2.45) is 0 Å². The standard InChI is InChI=1S/C10H12O5S/c1-8-3-5-9(6-4-8)16(12,13)15-7-10(11)14-2/h3-6H,7H2,1-2H3. The maximum Gasteiger partial charge on any atom is 0.333 e. The van der Waals surface area contributed by atoms with Crippen LogP contribution in [0.5, 0.6) is 0 Å². The van der Waals surface area contributed by atoms with Crippen LogP contribution < -0.4 is 0 Å². The number of ether oxygens (including phenoxy) is 1. The molecule has 88 valence electrons. The molecule has 16 heavy (non-hydrogen) atoms. The Bertz CT molecular complexity index is 460. The fraction of sp³-hybridized carbons (Fsp3) is 0.300. The van der Waals surface area contributed by atoms with Gasteiger partial charge in [-0.25, -0.2) is 4.79 Å². The Morgan fingerprint density at radius 1 is 1.25 bits per heavy atom. The first-order valence-electron chi connectivity index (χ1n) is 4.48. The lowest BCUT2D eigenvalue weighted by atomic mass is 10.2. The molecule has 0 aromatic heterocycles. The van der Waals surface area contributed by atoms with Gasteiger partial charge < -0.3 is 4.74 Å². The Morgan fingerprint density at radius 3 is 2.31 bits per heavy atom. The molecular weight excluding hydrogens is 232 g/mol. The van der Waals surface area contributed by atoms with Gasteiger partial charge in [0.15, 0.2) is 6.61 Å². The molecule has 0 aliphatic heterocycles. The van der Waals surface area contributed by atoms with Crippen LogP contribution in [-0.4, -0.2) is 28.1 Å². The van der Waals surface area contributed by atoms with Crippen LogP contribution in [0.1, 0.15) is 5.56 Å². The Kier molecular flexibility index (Phi) is 4.03. The number of aryl methyl sites for hydroxylation is 1. The summed E-state index contributed by atoms with van der Waals surface area (Å²) in [6.07, 6.45) is 0. The van der Waals surface area contributed by atoms with E-state index in [-0.39, 0.29) is 4.90 Å². The predicted octanol–water partition coefficient (Wildman–Crippen LogP) is 0.873. The summed E-state index contributed by atoms with van der Waals surface area (Å²) in [6.45, 7) is 1.22. The third-order valence-corrected chi connectivity index (χ3v) is 3.15. The fourth-order valence-corrected chi connectivity index (χ4v) is 1.81. The largest absolute Gasteiger partial charge is 0.467 e. The molecule has 0 fully saturated rings. The first-order chi connectivity index (χ1) is 7.45. The van der Waals surface area contributed by atoms with Crippen molar-refractivity contribution in [3.8, 4) is 0 Å². The molecule has 1 rings (SSSR count). The van der Waals surface area contributed by atoms with E-state index in [9.17, 15) is 13.2 Å². The Morgan fingerprint density at radius 2 is 1.81 bits per heavy atom. The first kappa shape index (κ1) is 12.7. The Labute approximate surface area is 94.1 Å². The van der Waals surface area contributed by atoms with Crippen LogP contribution in [0.25, 0.3) is 0 Å². The molecule has 0 N–H and O–H groups in total. The normalized spacial score (nSPS) is 11.1. The highest BCUT2D eigenvalue weighted by Gasteiger charge is 2.16. The van der Waals surface area contributed by atoms with Gasteiger partial charge in [-0.3, -0.25) is 4.18 Å². The van der Waals surface area contributed by atoms with E-state index >= 15 is 0 Å². The number of benzene rings is 1. The summed E-state index contributed by atoms with van der Waals surface area (Å²) in [4.78, 5) is 10.7. The monoisotopic (exact) mass is 244 g/mol. The number of carbonyl (C=O) groups excluding carboxylic acids is 1. The highest BCUT2D eigenvalue weighted by molar-refractivity contribution is 7.86. The highest BCUT2D eigenvalue weighted by Crippen LogP contribution is 2.12. The van der Waals surface area contributed by atoms with E-state index in [4.69, 9.17) is 0 Å². The molecule has 0 saturated carbocycles. The van der Waals surface area contributed by atoms with Crippen molar-refractivity contribution in [1.29, 1.82) is 0 Å². The molecule has 0 amide bonds. The summed E-state index contributed by atoms with van der Waals surface area (Å²) in [5.41, 5.74) is 0.937. The summed E-state index contributed by atoms with van der Waals surface area (Å²) in [5, 5.41) is 0. The van der Waals surface area contributed by atoms with Gasteiger partial charge in [-0.1, -0.05) is 17.7 Å². The van der Waals surface area contributed by atoms with Crippen LogP contribution in [0, 0.1) is 6.92 Å². The van der Waals surface area contributed by atoms with Crippen molar-refractivity contribution in [2.75, 3.05) is 13.7 Å². The molecule has 1 aromatic rings. The van der Waals surface area contributed by atoms with E-state index in [0.29, 0.717) is 0 Å². The van der Waals surface area contributed by atoms with Gasteiger partial charge in [0.1, 0.15) is 0 Å². The molecule has 5 nitrogen and oxygen atoms in total. The molecule has 0 atom stereocenters. The SMILES string of the molecule is COC(=O)COS(=O)(=O)c1ccc(C)cc1. The van der Waals surface area contributed by atoms with E-state index in [0.717, 1.165) is 12.7 Å². The molecule has 0 saturated heterocycles. The smallest absolute Gasteiger partial charge is 0.333 e. The van der Waals surface area contributed by atoms with Gasteiger partial charge in [0, 0.05) is 0 Å². The maximum absolute atomic E-state index is 11.5. The van der Waals surface area contributed by atoms with E-state index in [1.165, 1.54) is 12.1 Å². The third-order valence-electron chi connectivity index (χ3n) is 1.87. The topological polar surface area (TPSA) is 69.7 Å². The van der Waals surface area contributed by atoms with E-state index < -0.39 is 22.7 Å². The summed E-state index contributed by atoms with van der Waals surface area (Å²) < 4.78 is 31.8. The van der Waals surface area contributed by atoms with Crippen LogP contribution in [0.2, 0.25) is 0 Å². The number of esters is 1. The molecule has 0 aliphatic carbocycles. The van der Waals surface area contributed by atoms with Crippen molar-refractivity contribution >= 4 is 16.1 Å². The molecule has 6 heteroatoms. The average molecular weight is 244 g/mol. The van der Waals surface area contributed by atoms with Crippen molar-refractivity contribution in [1.82, 2.24) is 0 Å². The van der Waals surface area contributed by atoms with Crippen molar-refractivity contribution in [3.63, 3.8) is 0 Å². The third kappa shape index (κ3) is 3.32. The summed E-state index contributed by atoms with van der Waals surface area (Å²) in [7, 11) is -2.73. The molecule has 0 heterocycles. The second-order valence-electron chi connectivity index (χ2n) is 3.11. The molecule has 0 aliphatic rings. The van der Waals surface area contributed by atoms with Crippen LogP contribution in [0.4, 0.5) is 0 Å². The molecule has 0 unspecified atom stereocenters. The molecular formula is C10H12O5S. The van der Waals surface area contributed by atoms with Crippen LogP contribution in [0.15, 0.2) is 29.2 Å². The molecule has 0 radical (unpaired) electrons. The lowest BCUT2D eigenvalue weighted by molar-refractivity contribution is -0.142. The zero-order valence-electron chi connectivity index (χ0n) is 8.97. The lowest BCUT2D eigenvalue weighted by Gasteiger charge is -2.04. The minimum Gasteiger partial charge on any atom is -0.467 e. The van der Waals surface area contributed by atoms with Gasteiger partial charge in [-0.15, -0.1) is 0 Å². The number of hydrogen-bond acceptors (Lipinski definition) is 5. The summed E-state index contributed by atoms with van der Waals surface area (Å²) >= 11 is 0. The maximum atomic E-state index is 11.5. The Balaban J connectivity index is 2.78. The molecule has 0 bridgehead atoms. The van der Waals surface area contributed by atoms with Crippen LogP contribution in [-0.2, 0) is 23.8 Å². The number of methoxy groups -OCH3 is 1. The van der Waals surface area contributed by atoms with Gasteiger partial charge in [-0.05, 0) is 19.1 Å². The second-order valence-corrected chi connectivity index (χ2v) is 4.72. The van der Waals surface area contributed by atoms with E-state index in [1.807, 2.05) is 6.92 Å². The summed E-state index contributed by atoms with van der Waals surface area (Å²) in [5.74, 6) is -0.740. The van der Waals surface area contributed by atoms with Crippen molar-refractivity contribution in [2.45, 2.75) is 11.8 Å². The van der Waals surface area contributed by atoms with Gasteiger partial charge in [0.2, 0.25) is 0 Å². The van der Waals surface area contributed by atoms with Crippen LogP contribution in [0.3, 0.4) is 0 Å². The quantitative estimate of drug-likeness (QED) is 0.580. The van der Waals surface area contributed by atoms with E-state index in [1.54, 1.807) is 12.1 Å². The van der Waals surface area contributed by atoms with E-state index in [2.05, 4.69) is 8.92 Å². The minimum absolute atomic E-state index is 0.0157. The van der Waals surface area contributed by atoms with Crippen molar-refractivity contribution in [3.05, 3.63) is 29.8 Å². The van der Waals surface area contributed by atoms with Gasteiger partial charge >= 0.3 is 5.97 Å². The predicted molar refractivity (Wildman–Crippen MR) is 56.3 cm³/mol. The molecule has 0 spiro atoms. The zero-order valence-corrected chi connectivity index (χ0v) is 9.78. The van der Waals surface area contributed by atoms with Crippen LogP contribution >= 0.6 is 0 Å². The fourth-order valence-electron chi connectivity index (χ4n) is 0.958. The lowest BCUT2D eigenvalue weighted by Crippen LogP contribution is -2.15. The minimum atomic E-state index is -3.88. The van der Waals surface area contributed by atoms with Gasteiger partial charge in [0.05, 0.1) is 12.0 Å². The van der Waals surface area contributed by atoms with Crippen molar-refractivity contribution < 1.29 is 22.1 Å². The average Bonchev–Trinajstić information content (AvgIpc) is 2.26. The highest BCUT2D eigenvalue weighted by atomic mass is 32.2. The molecule has 1 aromatic carbocycles. The number of hydrogen-bond donors (Lipinski definition) is 0. The van der Waals surface area contributed by atoms with Gasteiger partial charge in [-0.2, -0.15) is 8.42 Å². The first-order valence-corrected chi connectivity index (χ1v) is 5.89.